The van der Waals surface area contributed by atoms with Crippen LogP contribution in [0.15, 0.2) is 35.4 Å². The molecular weight excluding hydrogens is 544 g/mol. The fourth-order valence-electron chi connectivity index (χ4n) is 5.28. The zero-order valence-corrected chi connectivity index (χ0v) is 23.9. The Kier molecular flexibility index (Phi) is 8.80. The molecule has 224 valence electrons. The Morgan fingerprint density at radius 1 is 1.12 bits per heavy atom. The highest BCUT2D eigenvalue weighted by Gasteiger charge is 2.45. The SMILES string of the molecule is CC[C@H]1O[C@@H](n2cnc3c(=O)[nH]c(NC(=O)C(C)C)nc32)[C@@H](OCCCCCCN2C(=O)c3ccccc3C2=O)C1O. The Hall–Kier alpha value is -3.94. The summed E-state index contributed by atoms with van der Waals surface area (Å²) in [6.45, 7) is 6.07. The van der Waals surface area contributed by atoms with Gasteiger partial charge in [-0.1, -0.05) is 45.7 Å². The number of carbonyl (C=O) groups excluding carboxylic acids is 3. The molecule has 1 aromatic carbocycles. The molecule has 0 spiro atoms. The summed E-state index contributed by atoms with van der Waals surface area (Å²) in [7, 11) is 0. The van der Waals surface area contributed by atoms with Crippen molar-refractivity contribution < 1.29 is 29.0 Å². The number of aromatic amines is 1. The third-order valence-corrected chi connectivity index (χ3v) is 7.65. The van der Waals surface area contributed by atoms with Gasteiger partial charge in [-0.25, -0.2) is 4.98 Å². The van der Waals surface area contributed by atoms with Crippen molar-refractivity contribution in [1.29, 1.82) is 0 Å². The number of imide groups is 1. The number of amides is 3. The monoisotopic (exact) mass is 580 g/mol. The highest BCUT2D eigenvalue weighted by Crippen LogP contribution is 2.35. The molecule has 1 fully saturated rings. The van der Waals surface area contributed by atoms with Gasteiger partial charge in [0.1, 0.15) is 12.2 Å². The van der Waals surface area contributed by atoms with Crippen LogP contribution in [-0.4, -0.2) is 78.7 Å². The molecule has 3 N–H and O–H groups in total. The lowest BCUT2D eigenvalue weighted by Crippen LogP contribution is -2.34. The molecule has 2 aromatic heterocycles. The van der Waals surface area contributed by atoms with Gasteiger partial charge >= 0.3 is 0 Å². The summed E-state index contributed by atoms with van der Waals surface area (Å²) in [5.41, 5.74) is 0.674. The lowest BCUT2D eigenvalue weighted by atomic mass is 10.1. The molecule has 2 aliphatic rings. The van der Waals surface area contributed by atoms with Crippen LogP contribution in [0.5, 0.6) is 0 Å². The number of unbranched alkanes of at least 4 members (excludes halogenated alkanes) is 3. The number of aromatic nitrogens is 4. The van der Waals surface area contributed by atoms with Crippen LogP contribution in [0, 0.1) is 5.92 Å². The minimum atomic E-state index is -0.909. The second kappa shape index (κ2) is 12.5. The van der Waals surface area contributed by atoms with Crippen molar-refractivity contribution in [2.75, 3.05) is 18.5 Å². The van der Waals surface area contributed by atoms with Crippen molar-refractivity contribution in [2.24, 2.45) is 5.92 Å². The van der Waals surface area contributed by atoms with Crippen LogP contribution in [0.25, 0.3) is 11.2 Å². The van der Waals surface area contributed by atoms with Gasteiger partial charge in [0, 0.05) is 19.1 Å². The van der Waals surface area contributed by atoms with Gasteiger partial charge in [-0.3, -0.25) is 38.9 Å². The molecule has 3 amide bonds. The van der Waals surface area contributed by atoms with E-state index in [0.717, 1.165) is 12.8 Å². The second-order valence-corrected chi connectivity index (χ2v) is 10.9. The molecule has 3 aromatic rings. The van der Waals surface area contributed by atoms with E-state index in [4.69, 9.17) is 9.47 Å². The van der Waals surface area contributed by atoms with Crippen molar-refractivity contribution in [3.63, 3.8) is 0 Å². The lowest BCUT2D eigenvalue weighted by molar-refractivity contribution is -0.118. The summed E-state index contributed by atoms with van der Waals surface area (Å²) in [6, 6.07) is 6.86. The molecule has 0 radical (unpaired) electrons. The quantitative estimate of drug-likeness (QED) is 0.215. The van der Waals surface area contributed by atoms with Gasteiger partial charge in [-0.15, -0.1) is 0 Å². The largest absolute Gasteiger partial charge is 0.388 e. The average Bonchev–Trinajstić information content (AvgIpc) is 3.61. The van der Waals surface area contributed by atoms with E-state index in [0.29, 0.717) is 43.5 Å². The number of anilines is 1. The third kappa shape index (κ3) is 5.72. The molecule has 1 saturated heterocycles. The number of aliphatic hydroxyl groups excluding tert-OH is 1. The predicted molar refractivity (Wildman–Crippen MR) is 152 cm³/mol. The maximum atomic E-state index is 12.6. The van der Waals surface area contributed by atoms with Gasteiger partial charge in [-0.05, 0) is 31.4 Å². The molecule has 4 atom stereocenters. The Bertz CT molecular complexity index is 1500. The van der Waals surface area contributed by atoms with Gasteiger partial charge in [-0.2, -0.15) is 4.98 Å². The van der Waals surface area contributed by atoms with Crippen LogP contribution in [0.3, 0.4) is 0 Å². The van der Waals surface area contributed by atoms with Gasteiger partial charge in [0.2, 0.25) is 11.9 Å². The van der Waals surface area contributed by atoms with Crippen LogP contribution < -0.4 is 10.9 Å². The smallest absolute Gasteiger partial charge is 0.280 e. The van der Waals surface area contributed by atoms with Gasteiger partial charge in [0.05, 0.1) is 23.6 Å². The van der Waals surface area contributed by atoms with E-state index in [1.807, 2.05) is 6.92 Å². The van der Waals surface area contributed by atoms with E-state index in [1.165, 1.54) is 11.2 Å². The van der Waals surface area contributed by atoms with E-state index in [-0.39, 0.29) is 40.8 Å². The Balaban J connectivity index is 1.18. The van der Waals surface area contributed by atoms with Crippen molar-refractivity contribution >= 4 is 34.8 Å². The van der Waals surface area contributed by atoms with Gasteiger partial charge < -0.3 is 14.6 Å². The Labute approximate surface area is 242 Å². The molecule has 4 heterocycles. The number of hydrogen-bond acceptors (Lipinski definition) is 9. The first-order valence-electron chi connectivity index (χ1n) is 14.4. The zero-order valence-electron chi connectivity index (χ0n) is 23.9. The first kappa shape index (κ1) is 29.5. The van der Waals surface area contributed by atoms with Crippen molar-refractivity contribution in [1.82, 2.24) is 24.4 Å². The molecule has 0 bridgehead atoms. The molecule has 1 unspecified atom stereocenters. The summed E-state index contributed by atoms with van der Waals surface area (Å²) in [5, 5.41) is 13.6. The second-order valence-electron chi connectivity index (χ2n) is 10.9. The molecule has 0 aliphatic carbocycles. The molecule has 2 aliphatic heterocycles. The first-order valence-corrected chi connectivity index (χ1v) is 14.4. The Morgan fingerprint density at radius 3 is 2.48 bits per heavy atom. The molecule has 13 nitrogen and oxygen atoms in total. The maximum absolute atomic E-state index is 12.6. The van der Waals surface area contributed by atoms with E-state index in [9.17, 15) is 24.3 Å². The van der Waals surface area contributed by atoms with Crippen molar-refractivity contribution in [3.05, 3.63) is 52.1 Å². The normalized spacial score (nSPS) is 22.0. The number of carbonyl (C=O) groups is 3. The number of fused-ring (bicyclic) bond motifs is 2. The summed E-state index contributed by atoms with van der Waals surface area (Å²) in [6.07, 6.45) is 2.03. The molecule has 13 heteroatoms. The standard InChI is InChI=1S/C29H36N6O7/c1-4-19-21(36)22(41-14-10-6-5-9-13-34-26(39)17-11-7-8-12-18(17)27(34)40)28(42-19)35-15-30-20-23(35)31-29(33-25(20)38)32-24(37)16(2)3/h7-8,11-12,15-16,19,21-22,28,36H,4-6,9-10,13-14H2,1-3H3,(H2,31,32,33,37,38)/t19-,21?,22+,28-/m1/s1. The molecule has 5 rings (SSSR count). The third-order valence-electron chi connectivity index (χ3n) is 7.65. The predicted octanol–water partition coefficient (Wildman–Crippen LogP) is 2.62. The number of H-pyrrole nitrogens is 1. The van der Waals surface area contributed by atoms with Gasteiger partial charge in [0.25, 0.3) is 17.4 Å². The van der Waals surface area contributed by atoms with Crippen LogP contribution >= 0.6 is 0 Å². The number of aliphatic hydroxyl groups is 1. The molecule has 42 heavy (non-hydrogen) atoms. The summed E-state index contributed by atoms with van der Waals surface area (Å²) in [5.74, 6) is -1.11. The minimum absolute atomic E-state index is 0.00258. The van der Waals surface area contributed by atoms with Gasteiger partial charge in [0.15, 0.2) is 17.4 Å². The summed E-state index contributed by atoms with van der Waals surface area (Å²) < 4.78 is 13.8. The maximum Gasteiger partial charge on any atom is 0.280 e. The van der Waals surface area contributed by atoms with E-state index in [1.54, 1.807) is 42.7 Å². The highest BCUT2D eigenvalue weighted by molar-refractivity contribution is 6.21. The zero-order chi connectivity index (χ0) is 30.0. The van der Waals surface area contributed by atoms with Crippen LogP contribution in [-0.2, 0) is 14.3 Å². The number of rotatable bonds is 12. The number of nitrogens with zero attached hydrogens (tertiary/aromatic N) is 4. The number of hydrogen-bond donors (Lipinski definition) is 3. The summed E-state index contributed by atoms with van der Waals surface area (Å²) in [4.78, 5) is 62.3. The van der Waals surface area contributed by atoms with E-state index in [2.05, 4.69) is 20.3 Å². The number of nitrogens with one attached hydrogen (secondary N) is 2. The summed E-state index contributed by atoms with van der Waals surface area (Å²) >= 11 is 0. The first-order chi connectivity index (χ1) is 20.2. The van der Waals surface area contributed by atoms with Crippen molar-refractivity contribution in [2.45, 2.75) is 77.4 Å². The molecular formula is C29H36N6O7. The number of imidazole rings is 1. The Morgan fingerprint density at radius 2 is 1.81 bits per heavy atom. The van der Waals surface area contributed by atoms with Crippen molar-refractivity contribution in [3.8, 4) is 0 Å². The van der Waals surface area contributed by atoms with Crippen LogP contribution in [0.1, 0.15) is 79.8 Å². The lowest BCUT2D eigenvalue weighted by Gasteiger charge is -2.22. The topological polar surface area (TPSA) is 169 Å². The molecule has 0 saturated carbocycles. The number of benzene rings is 1. The number of ether oxygens (including phenoxy) is 2. The van der Waals surface area contributed by atoms with E-state index < -0.39 is 30.1 Å². The van der Waals surface area contributed by atoms with Crippen LogP contribution in [0.2, 0.25) is 0 Å². The van der Waals surface area contributed by atoms with Crippen LogP contribution in [0.4, 0.5) is 5.95 Å². The highest BCUT2D eigenvalue weighted by atomic mass is 16.6. The average molecular weight is 581 g/mol. The van der Waals surface area contributed by atoms with E-state index >= 15 is 0 Å². The fourth-order valence-corrected chi connectivity index (χ4v) is 5.28. The minimum Gasteiger partial charge on any atom is -0.388 e. The fraction of sp³-hybridized carbons (Fsp3) is 0.517.